The smallest absolute Gasteiger partial charge is 0.272 e. The summed E-state index contributed by atoms with van der Waals surface area (Å²) in [4.78, 5) is 26.6. The van der Waals surface area contributed by atoms with Gasteiger partial charge in [-0.15, -0.1) is 0 Å². The van der Waals surface area contributed by atoms with E-state index in [4.69, 9.17) is 9.47 Å². The van der Waals surface area contributed by atoms with Gasteiger partial charge in [-0.05, 0) is 48.9 Å². The molecule has 0 saturated heterocycles. The highest BCUT2D eigenvalue weighted by atomic mass is 16.5. The summed E-state index contributed by atoms with van der Waals surface area (Å²) in [5.41, 5.74) is 3.18. The Morgan fingerprint density at radius 2 is 1.70 bits per heavy atom. The van der Waals surface area contributed by atoms with Crippen molar-refractivity contribution in [3.63, 3.8) is 0 Å². The van der Waals surface area contributed by atoms with E-state index >= 15 is 0 Å². The third-order valence-electron chi connectivity index (χ3n) is 4.19. The van der Waals surface area contributed by atoms with Crippen LogP contribution in [0.25, 0.3) is 11.1 Å². The summed E-state index contributed by atoms with van der Waals surface area (Å²) in [7, 11) is 3.21. The van der Waals surface area contributed by atoms with E-state index in [1.807, 2.05) is 30.3 Å². The molecule has 1 heterocycles. The standard InChI is InChI=1S/C21H20N2O4/c1-13(24)15-10-19(22-12-15)21(25)23-16-6-9-20(27-3)18(11-16)14-4-7-17(26-2)8-5-14/h4-12,22H,1-3H3,(H,23,25). The van der Waals surface area contributed by atoms with Crippen molar-refractivity contribution < 1.29 is 19.1 Å². The van der Waals surface area contributed by atoms with E-state index in [1.54, 1.807) is 26.4 Å². The highest BCUT2D eigenvalue weighted by molar-refractivity contribution is 6.05. The quantitative estimate of drug-likeness (QED) is 0.644. The number of hydrogen-bond acceptors (Lipinski definition) is 4. The summed E-state index contributed by atoms with van der Waals surface area (Å²) < 4.78 is 10.6. The van der Waals surface area contributed by atoms with Gasteiger partial charge >= 0.3 is 0 Å². The molecule has 0 saturated carbocycles. The van der Waals surface area contributed by atoms with E-state index in [9.17, 15) is 9.59 Å². The van der Waals surface area contributed by atoms with E-state index in [0.717, 1.165) is 16.9 Å². The lowest BCUT2D eigenvalue weighted by Crippen LogP contribution is -2.12. The number of hydrogen-bond donors (Lipinski definition) is 2. The minimum atomic E-state index is -0.326. The second-order valence-corrected chi connectivity index (χ2v) is 5.96. The van der Waals surface area contributed by atoms with Crippen LogP contribution < -0.4 is 14.8 Å². The van der Waals surface area contributed by atoms with Crippen molar-refractivity contribution in [3.8, 4) is 22.6 Å². The largest absolute Gasteiger partial charge is 0.497 e. The van der Waals surface area contributed by atoms with Gasteiger partial charge in [0.1, 0.15) is 17.2 Å². The molecule has 0 aliphatic carbocycles. The topological polar surface area (TPSA) is 80.4 Å². The van der Waals surface area contributed by atoms with Crippen LogP contribution in [0.1, 0.15) is 27.8 Å². The number of aromatic amines is 1. The first kappa shape index (κ1) is 18.3. The molecule has 0 bridgehead atoms. The third kappa shape index (κ3) is 4.00. The van der Waals surface area contributed by atoms with Crippen LogP contribution in [0.5, 0.6) is 11.5 Å². The number of amides is 1. The summed E-state index contributed by atoms with van der Waals surface area (Å²) >= 11 is 0. The number of rotatable bonds is 6. The van der Waals surface area contributed by atoms with Gasteiger partial charge in [0.2, 0.25) is 0 Å². The van der Waals surface area contributed by atoms with Gasteiger partial charge in [-0.1, -0.05) is 12.1 Å². The van der Waals surface area contributed by atoms with Crippen molar-refractivity contribution >= 4 is 17.4 Å². The van der Waals surface area contributed by atoms with Crippen LogP contribution in [0, 0.1) is 0 Å². The van der Waals surface area contributed by atoms with Gasteiger partial charge < -0.3 is 19.8 Å². The summed E-state index contributed by atoms with van der Waals surface area (Å²) in [6, 6.07) is 14.5. The number of ketones is 1. The van der Waals surface area contributed by atoms with Crippen molar-refractivity contribution in [2.45, 2.75) is 6.92 Å². The second-order valence-electron chi connectivity index (χ2n) is 5.96. The maximum absolute atomic E-state index is 12.4. The molecule has 0 fully saturated rings. The van der Waals surface area contributed by atoms with Crippen molar-refractivity contribution in [1.29, 1.82) is 0 Å². The van der Waals surface area contributed by atoms with Gasteiger partial charge in [-0.25, -0.2) is 0 Å². The highest BCUT2D eigenvalue weighted by Gasteiger charge is 2.13. The van der Waals surface area contributed by atoms with E-state index in [2.05, 4.69) is 10.3 Å². The number of methoxy groups -OCH3 is 2. The van der Waals surface area contributed by atoms with Crippen LogP contribution in [0.15, 0.2) is 54.7 Å². The molecule has 1 amide bonds. The Morgan fingerprint density at radius 1 is 0.963 bits per heavy atom. The Kier molecular flexibility index (Phi) is 5.26. The fourth-order valence-electron chi connectivity index (χ4n) is 2.71. The Hall–Kier alpha value is -3.54. The molecule has 3 aromatic rings. The van der Waals surface area contributed by atoms with E-state index < -0.39 is 0 Å². The molecular weight excluding hydrogens is 344 g/mol. The molecular formula is C21H20N2O4. The lowest BCUT2D eigenvalue weighted by Gasteiger charge is -2.12. The number of nitrogens with one attached hydrogen (secondary N) is 2. The van der Waals surface area contributed by atoms with Crippen LogP contribution in [0.4, 0.5) is 5.69 Å². The number of H-pyrrole nitrogens is 1. The Morgan fingerprint density at radius 3 is 2.30 bits per heavy atom. The zero-order valence-electron chi connectivity index (χ0n) is 15.3. The first-order valence-electron chi connectivity index (χ1n) is 8.35. The molecule has 0 spiro atoms. The normalized spacial score (nSPS) is 10.3. The zero-order chi connectivity index (χ0) is 19.4. The van der Waals surface area contributed by atoms with Crippen molar-refractivity contribution in [2.24, 2.45) is 0 Å². The monoisotopic (exact) mass is 364 g/mol. The number of carbonyl (C=O) groups excluding carboxylic acids is 2. The third-order valence-corrected chi connectivity index (χ3v) is 4.19. The SMILES string of the molecule is COc1ccc(-c2cc(NC(=O)c3cc(C(C)=O)c[nH]3)ccc2OC)cc1. The van der Waals surface area contributed by atoms with Gasteiger partial charge in [0, 0.05) is 23.0 Å². The van der Waals surface area contributed by atoms with Gasteiger partial charge in [0.15, 0.2) is 5.78 Å². The summed E-state index contributed by atoms with van der Waals surface area (Å²) in [5, 5.41) is 2.83. The minimum Gasteiger partial charge on any atom is -0.497 e. The highest BCUT2D eigenvalue weighted by Crippen LogP contribution is 2.33. The number of benzene rings is 2. The second kappa shape index (κ2) is 7.78. The van der Waals surface area contributed by atoms with Crippen LogP contribution in [-0.2, 0) is 0 Å². The molecule has 27 heavy (non-hydrogen) atoms. The van der Waals surface area contributed by atoms with Gasteiger partial charge in [0.05, 0.1) is 14.2 Å². The number of ether oxygens (including phenoxy) is 2. The van der Waals surface area contributed by atoms with Gasteiger partial charge in [-0.2, -0.15) is 0 Å². The van der Waals surface area contributed by atoms with E-state index in [-0.39, 0.29) is 11.7 Å². The predicted molar refractivity (Wildman–Crippen MR) is 104 cm³/mol. The molecule has 2 aromatic carbocycles. The number of aromatic nitrogens is 1. The first-order valence-corrected chi connectivity index (χ1v) is 8.35. The average molecular weight is 364 g/mol. The Bertz CT molecular complexity index is 974. The molecule has 2 N–H and O–H groups in total. The molecule has 6 nitrogen and oxygen atoms in total. The van der Waals surface area contributed by atoms with Gasteiger partial charge in [-0.3, -0.25) is 9.59 Å². The fraction of sp³-hybridized carbons (Fsp3) is 0.143. The average Bonchev–Trinajstić information content (AvgIpc) is 3.19. The van der Waals surface area contributed by atoms with Crippen molar-refractivity contribution in [1.82, 2.24) is 4.98 Å². The molecule has 0 unspecified atom stereocenters. The molecule has 0 radical (unpaired) electrons. The number of Topliss-reactive ketones (excluding diaryl/α,β-unsaturated/α-hetero) is 1. The van der Waals surface area contributed by atoms with Crippen LogP contribution >= 0.6 is 0 Å². The van der Waals surface area contributed by atoms with Crippen LogP contribution in [0.3, 0.4) is 0 Å². The summed E-state index contributed by atoms with van der Waals surface area (Å²) in [6.07, 6.45) is 1.52. The number of anilines is 1. The summed E-state index contributed by atoms with van der Waals surface area (Å²) in [6.45, 7) is 1.45. The first-order chi connectivity index (χ1) is 13.0. The maximum atomic E-state index is 12.4. The van der Waals surface area contributed by atoms with E-state index in [0.29, 0.717) is 22.7 Å². The fourth-order valence-corrected chi connectivity index (χ4v) is 2.71. The van der Waals surface area contributed by atoms with Crippen LogP contribution in [0.2, 0.25) is 0 Å². The van der Waals surface area contributed by atoms with E-state index in [1.165, 1.54) is 19.2 Å². The molecule has 138 valence electrons. The lowest BCUT2D eigenvalue weighted by molar-refractivity contribution is 0.101. The molecule has 6 heteroatoms. The predicted octanol–water partition coefficient (Wildman–Crippen LogP) is 4.15. The number of carbonyl (C=O) groups is 2. The lowest BCUT2D eigenvalue weighted by atomic mass is 10.0. The van der Waals surface area contributed by atoms with Crippen LogP contribution in [-0.4, -0.2) is 30.9 Å². The minimum absolute atomic E-state index is 0.100. The zero-order valence-corrected chi connectivity index (χ0v) is 15.3. The molecule has 0 atom stereocenters. The van der Waals surface area contributed by atoms with Crippen molar-refractivity contribution in [3.05, 3.63) is 66.0 Å². The molecule has 1 aromatic heterocycles. The van der Waals surface area contributed by atoms with Gasteiger partial charge in [0.25, 0.3) is 5.91 Å². The molecule has 0 aliphatic rings. The Labute approximate surface area is 157 Å². The maximum Gasteiger partial charge on any atom is 0.272 e. The summed E-state index contributed by atoms with van der Waals surface area (Å²) in [5.74, 6) is 1.02. The molecule has 3 rings (SSSR count). The van der Waals surface area contributed by atoms with Crippen molar-refractivity contribution in [2.75, 3.05) is 19.5 Å². The Balaban J connectivity index is 1.87. The molecule has 0 aliphatic heterocycles.